The van der Waals surface area contributed by atoms with E-state index in [0.717, 1.165) is 5.56 Å². The SMILES string of the molecule is ON[C@@]1(O)CC=Cc2ccccc21. The molecule has 0 unspecified atom stereocenters. The Bertz CT molecular complexity index is 349. The van der Waals surface area contributed by atoms with Gasteiger partial charge in [-0.15, -0.1) is 0 Å². The molecular weight excluding hydrogens is 166 g/mol. The predicted molar refractivity (Wildman–Crippen MR) is 48.9 cm³/mol. The lowest BCUT2D eigenvalue weighted by Crippen LogP contribution is -2.41. The van der Waals surface area contributed by atoms with E-state index in [1.165, 1.54) is 0 Å². The first-order valence-corrected chi connectivity index (χ1v) is 4.16. The quantitative estimate of drug-likeness (QED) is 0.446. The van der Waals surface area contributed by atoms with Gasteiger partial charge in [0.25, 0.3) is 0 Å². The first kappa shape index (κ1) is 8.44. The van der Waals surface area contributed by atoms with Gasteiger partial charge >= 0.3 is 0 Å². The van der Waals surface area contributed by atoms with Gasteiger partial charge in [-0.25, -0.2) is 0 Å². The van der Waals surface area contributed by atoms with E-state index in [9.17, 15) is 5.11 Å². The number of hydrogen-bond donors (Lipinski definition) is 3. The third kappa shape index (κ3) is 1.27. The summed E-state index contributed by atoms with van der Waals surface area (Å²) in [5, 5.41) is 18.8. The van der Waals surface area contributed by atoms with Crippen molar-refractivity contribution in [3.63, 3.8) is 0 Å². The summed E-state index contributed by atoms with van der Waals surface area (Å²) in [4.78, 5) is 0. The Morgan fingerprint density at radius 1 is 1.31 bits per heavy atom. The number of nitrogens with one attached hydrogen (secondary N) is 1. The molecule has 1 aromatic rings. The second-order valence-corrected chi connectivity index (χ2v) is 3.17. The highest BCUT2D eigenvalue weighted by molar-refractivity contribution is 5.58. The summed E-state index contributed by atoms with van der Waals surface area (Å²) in [6, 6.07) is 7.42. The second kappa shape index (κ2) is 2.96. The van der Waals surface area contributed by atoms with Gasteiger partial charge in [-0.05, 0) is 5.56 Å². The van der Waals surface area contributed by atoms with Crippen molar-refractivity contribution in [2.24, 2.45) is 0 Å². The molecule has 0 aromatic heterocycles. The first-order valence-electron chi connectivity index (χ1n) is 4.16. The number of aliphatic hydroxyl groups is 1. The average Bonchev–Trinajstić information content (AvgIpc) is 2.19. The smallest absolute Gasteiger partial charge is 0.167 e. The van der Waals surface area contributed by atoms with Crippen molar-refractivity contribution in [1.29, 1.82) is 0 Å². The van der Waals surface area contributed by atoms with Crippen LogP contribution in [0.2, 0.25) is 0 Å². The lowest BCUT2D eigenvalue weighted by molar-refractivity contribution is -0.0978. The molecule has 3 nitrogen and oxygen atoms in total. The average molecular weight is 177 g/mol. The number of hydrogen-bond acceptors (Lipinski definition) is 3. The highest BCUT2D eigenvalue weighted by atomic mass is 16.5. The maximum absolute atomic E-state index is 9.92. The minimum Gasteiger partial charge on any atom is -0.369 e. The van der Waals surface area contributed by atoms with Gasteiger partial charge in [0.05, 0.1) is 0 Å². The van der Waals surface area contributed by atoms with Gasteiger partial charge in [-0.1, -0.05) is 36.4 Å². The first-order chi connectivity index (χ1) is 6.26. The predicted octanol–water partition coefficient (Wildman–Crippen LogP) is 1.23. The lowest BCUT2D eigenvalue weighted by Gasteiger charge is -2.29. The van der Waals surface area contributed by atoms with Crippen LogP contribution in [0.15, 0.2) is 30.3 Å². The number of benzene rings is 1. The molecule has 1 aliphatic rings. The van der Waals surface area contributed by atoms with E-state index in [2.05, 4.69) is 0 Å². The van der Waals surface area contributed by atoms with E-state index < -0.39 is 5.72 Å². The van der Waals surface area contributed by atoms with E-state index in [1.54, 1.807) is 6.07 Å². The van der Waals surface area contributed by atoms with Crippen LogP contribution in [0.5, 0.6) is 0 Å². The van der Waals surface area contributed by atoms with Gasteiger partial charge in [0.15, 0.2) is 5.72 Å². The van der Waals surface area contributed by atoms with E-state index in [0.29, 0.717) is 12.0 Å². The lowest BCUT2D eigenvalue weighted by atomic mass is 9.90. The molecule has 0 amide bonds. The maximum atomic E-state index is 9.92. The molecule has 0 aliphatic heterocycles. The maximum Gasteiger partial charge on any atom is 0.167 e. The zero-order chi connectivity index (χ0) is 9.31. The minimum absolute atomic E-state index is 0.376. The summed E-state index contributed by atoms with van der Waals surface area (Å²) >= 11 is 0. The monoisotopic (exact) mass is 177 g/mol. The molecule has 68 valence electrons. The molecule has 0 saturated carbocycles. The van der Waals surface area contributed by atoms with E-state index in [4.69, 9.17) is 5.21 Å². The fourth-order valence-electron chi connectivity index (χ4n) is 1.59. The summed E-state index contributed by atoms with van der Waals surface area (Å²) in [5.74, 6) is 0. The van der Waals surface area contributed by atoms with E-state index in [-0.39, 0.29) is 0 Å². The zero-order valence-electron chi connectivity index (χ0n) is 7.07. The molecule has 0 bridgehead atoms. The van der Waals surface area contributed by atoms with Crippen molar-refractivity contribution in [2.75, 3.05) is 0 Å². The van der Waals surface area contributed by atoms with Gasteiger partial charge in [-0.2, -0.15) is 5.48 Å². The van der Waals surface area contributed by atoms with Crippen LogP contribution in [0.4, 0.5) is 0 Å². The molecule has 1 aromatic carbocycles. The highest BCUT2D eigenvalue weighted by Gasteiger charge is 2.30. The van der Waals surface area contributed by atoms with Gasteiger partial charge < -0.3 is 10.3 Å². The molecular formula is C10H11NO2. The Labute approximate surface area is 76.3 Å². The standard InChI is InChI=1S/C10H11NO2/c12-10(11-13)7-3-5-8-4-1-2-6-9(8)10/h1-6,11-13H,7H2/t10-/m1/s1. The summed E-state index contributed by atoms with van der Waals surface area (Å²) in [6.07, 6.45) is 4.13. The van der Waals surface area contributed by atoms with Crippen molar-refractivity contribution in [2.45, 2.75) is 12.1 Å². The number of rotatable bonds is 1. The molecule has 1 aliphatic carbocycles. The van der Waals surface area contributed by atoms with Crippen LogP contribution in [0.25, 0.3) is 6.08 Å². The van der Waals surface area contributed by atoms with Gasteiger partial charge in [0, 0.05) is 12.0 Å². The van der Waals surface area contributed by atoms with Gasteiger partial charge in [-0.3, -0.25) is 0 Å². The molecule has 1 atom stereocenters. The molecule has 0 saturated heterocycles. The molecule has 3 heteroatoms. The third-order valence-corrected chi connectivity index (χ3v) is 2.30. The van der Waals surface area contributed by atoms with E-state index in [1.807, 2.05) is 35.8 Å². The van der Waals surface area contributed by atoms with E-state index >= 15 is 0 Å². The van der Waals surface area contributed by atoms with Crippen LogP contribution in [0, 0.1) is 0 Å². The molecule has 2 rings (SSSR count). The molecule has 0 radical (unpaired) electrons. The van der Waals surface area contributed by atoms with Crippen molar-refractivity contribution in [3.05, 3.63) is 41.5 Å². The summed E-state index contributed by atoms with van der Waals surface area (Å²) in [7, 11) is 0. The molecule has 13 heavy (non-hydrogen) atoms. The Morgan fingerprint density at radius 3 is 2.85 bits per heavy atom. The summed E-state index contributed by atoms with van der Waals surface area (Å²) < 4.78 is 0. The van der Waals surface area contributed by atoms with Crippen molar-refractivity contribution < 1.29 is 10.3 Å². The number of hydroxylamine groups is 1. The molecule has 0 spiro atoms. The second-order valence-electron chi connectivity index (χ2n) is 3.17. The van der Waals surface area contributed by atoms with Gasteiger partial charge in [0.1, 0.15) is 0 Å². The van der Waals surface area contributed by atoms with Crippen LogP contribution in [-0.4, -0.2) is 10.3 Å². The zero-order valence-corrected chi connectivity index (χ0v) is 7.07. The highest BCUT2D eigenvalue weighted by Crippen LogP contribution is 2.30. The molecule has 0 heterocycles. The van der Waals surface area contributed by atoms with Crippen LogP contribution in [0.3, 0.4) is 0 Å². The normalized spacial score (nSPS) is 25.7. The molecule has 0 fully saturated rings. The van der Waals surface area contributed by atoms with Gasteiger partial charge in [0.2, 0.25) is 0 Å². The molecule has 3 N–H and O–H groups in total. The topological polar surface area (TPSA) is 52.5 Å². The number of fused-ring (bicyclic) bond motifs is 1. The van der Waals surface area contributed by atoms with Crippen molar-refractivity contribution >= 4 is 6.08 Å². The largest absolute Gasteiger partial charge is 0.369 e. The Hall–Kier alpha value is -1.16. The summed E-state index contributed by atoms with van der Waals surface area (Å²) in [5.41, 5.74) is 2.25. The fraction of sp³-hybridized carbons (Fsp3) is 0.200. The van der Waals surface area contributed by atoms with Crippen LogP contribution in [0.1, 0.15) is 17.5 Å². The van der Waals surface area contributed by atoms with Crippen molar-refractivity contribution in [3.8, 4) is 0 Å². The third-order valence-electron chi connectivity index (χ3n) is 2.30. The Kier molecular flexibility index (Phi) is 1.92. The Balaban J connectivity index is 2.55. The van der Waals surface area contributed by atoms with Crippen LogP contribution >= 0.6 is 0 Å². The Morgan fingerprint density at radius 2 is 2.08 bits per heavy atom. The minimum atomic E-state index is -1.33. The van der Waals surface area contributed by atoms with Crippen molar-refractivity contribution in [1.82, 2.24) is 5.48 Å². The van der Waals surface area contributed by atoms with Crippen LogP contribution < -0.4 is 5.48 Å². The fourth-order valence-corrected chi connectivity index (χ4v) is 1.59. The summed E-state index contributed by atoms with van der Waals surface area (Å²) in [6.45, 7) is 0. The van der Waals surface area contributed by atoms with Crippen LogP contribution in [-0.2, 0) is 5.72 Å².